The molecule has 4 nitrogen and oxygen atoms in total. The maximum absolute atomic E-state index is 9.70. The summed E-state index contributed by atoms with van der Waals surface area (Å²) in [6.07, 6.45) is 0.0164. The number of nitrogens with zero attached hydrogens (tertiary/aromatic N) is 3. The van der Waals surface area contributed by atoms with Gasteiger partial charge in [-0.15, -0.1) is 0 Å². The van der Waals surface area contributed by atoms with E-state index < -0.39 is 12.1 Å². The first kappa shape index (κ1) is 9.06. The molecular formula is C10H11N3O. The van der Waals surface area contributed by atoms with Crippen LogP contribution in [-0.2, 0) is 6.42 Å². The lowest BCUT2D eigenvalue weighted by atomic mass is 10.0. The van der Waals surface area contributed by atoms with Crippen molar-refractivity contribution < 1.29 is 5.11 Å². The molecule has 0 fully saturated rings. The van der Waals surface area contributed by atoms with Crippen LogP contribution in [0.4, 0.5) is 0 Å². The molecule has 1 aromatic rings. The fourth-order valence-corrected chi connectivity index (χ4v) is 2.06. The van der Waals surface area contributed by atoms with Crippen molar-refractivity contribution in [2.45, 2.75) is 25.5 Å². The monoisotopic (exact) mass is 189 g/mol. The van der Waals surface area contributed by atoms with E-state index in [1.165, 1.54) is 0 Å². The standard InChI is InChI=1S/C10H11N3O/c1-6-3-2-4-7-5-8(14)10(9(6)7)12-13-11/h2-4,8,10,14H,5H2,1H3. The predicted molar refractivity (Wildman–Crippen MR) is 52.8 cm³/mol. The SMILES string of the molecule is Cc1cccc2c1C(N=[N+]=[N-])C(O)C2. The highest BCUT2D eigenvalue weighted by molar-refractivity contribution is 5.42. The Morgan fingerprint density at radius 2 is 2.36 bits per heavy atom. The van der Waals surface area contributed by atoms with E-state index in [4.69, 9.17) is 5.53 Å². The minimum absolute atomic E-state index is 0.406. The molecule has 0 amide bonds. The van der Waals surface area contributed by atoms with E-state index >= 15 is 0 Å². The van der Waals surface area contributed by atoms with Crippen molar-refractivity contribution in [1.82, 2.24) is 0 Å². The van der Waals surface area contributed by atoms with Gasteiger partial charge >= 0.3 is 0 Å². The number of rotatable bonds is 1. The van der Waals surface area contributed by atoms with Gasteiger partial charge in [-0.2, -0.15) is 0 Å². The summed E-state index contributed by atoms with van der Waals surface area (Å²) < 4.78 is 0. The van der Waals surface area contributed by atoms with E-state index in [0.717, 1.165) is 16.7 Å². The van der Waals surface area contributed by atoms with Gasteiger partial charge in [0, 0.05) is 4.91 Å². The maximum Gasteiger partial charge on any atom is 0.0893 e. The molecule has 0 saturated heterocycles. The topological polar surface area (TPSA) is 69.0 Å². The van der Waals surface area contributed by atoms with Crippen LogP contribution in [0.3, 0.4) is 0 Å². The van der Waals surface area contributed by atoms with E-state index in [0.29, 0.717) is 6.42 Å². The normalized spacial score (nSPS) is 24.1. The molecule has 1 aliphatic rings. The molecule has 4 heteroatoms. The number of hydrogen-bond acceptors (Lipinski definition) is 2. The quantitative estimate of drug-likeness (QED) is 0.411. The third-order valence-electron chi connectivity index (χ3n) is 2.68. The van der Waals surface area contributed by atoms with Crippen molar-refractivity contribution in [3.05, 3.63) is 45.3 Å². The van der Waals surface area contributed by atoms with Crippen LogP contribution >= 0.6 is 0 Å². The highest BCUT2D eigenvalue weighted by Gasteiger charge is 2.31. The molecule has 0 aliphatic heterocycles. The van der Waals surface area contributed by atoms with E-state index in [2.05, 4.69) is 10.0 Å². The molecule has 0 spiro atoms. The number of hydrogen-bond donors (Lipinski definition) is 1. The smallest absolute Gasteiger partial charge is 0.0893 e. The van der Waals surface area contributed by atoms with E-state index in [1.54, 1.807) is 0 Å². The van der Waals surface area contributed by atoms with Crippen LogP contribution in [0.15, 0.2) is 23.3 Å². The second kappa shape index (κ2) is 3.33. The predicted octanol–water partition coefficient (Wildman–Crippen LogP) is 2.26. The summed E-state index contributed by atoms with van der Waals surface area (Å²) in [7, 11) is 0. The second-order valence-electron chi connectivity index (χ2n) is 3.57. The van der Waals surface area contributed by atoms with Gasteiger partial charge in [0.2, 0.25) is 0 Å². The molecule has 0 aromatic heterocycles. The molecule has 2 unspecified atom stereocenters. The minimum atomic E-state index is -0.568. The summed E-state index contributed by atoms with van der Waals surface area (Å²) in [5.74, 6) is 0. The van der Waals surface area contributed by atoms with Gasteiger partial charge in [0.05, 0.1) is 12.1 Å². The van der Waals surface area contributed by atoms with Crippen LogP contribution < -0.4 is 0 Å². The first-order valence-corrected chi connectivity index (χ1v) is 4.54. The average Bonchev–Trinajstić information content (AvgIpc) is 2.45. The van der Waals surface area contributed by atoms with Crippen molar-refractivity contribution in [3.8, 4) is 0 Å². The van der Waals surface area contributed by atoms with Crippen molar-refractivity contribution in [2.75, 3.05) is 0 Å². The zero-order chi connectivity index (χ0) is 10.1. The van der Waals surface area contributed by atoms with Gasteiger partial charge in [0.15, 0.2) is 0 Å². The molecule has 14 heavy (non-hydrogen) atoms. The fourth-order valence-electron chi connectivity index (χ4n) is 2.06. The van der Waals surface area contributed by atoms with E-state index in [9.17, 15) is 5.11 Å². The van der Waals surface area contributed by atoms with Gasteiger partial charge in [-0.1, -0.05) is 23.3 Å². The summed E-state index contributed by atoms with van der Waals surface area (Å²) in [5, 5.41) is 13.3. The fraction of sp³-hybridized carbons (Fsp3) is 0.400. The van der Waals surface area contributed by atoms with Gasteiger partial charge < -0.3 is 5.11 Å². The van der Waals surface area contributed by atoms with Gasteiger partial charge in [-0.25, -0.2) is 0 Å². The summed E-state index contributed by atoms with van der Waals surface area (Å²) >= 11 is 0. The molecule has 1 aliphatic carbocycles. The Hall–Kier alpha value is -1.51. The molecule has 0 bridgehead atoms. The highest BCUT2D eigenvalue weighted by atomic mass is 16.3. The van der Waals surface area contributed by atoms with Crippen molar-refractivity contribution >= 4 is 0 Å². The van der Waals surface area contributed by atoms with Gasteiger partial charge in [-0.05, 0) is 35.6 Å². The van der Waals surface area contributed by atoms with Crippen molar-refractivity contribution in [1.29, 1.82) is 0 Å². The minimum Gasteiger partial charge on any atom is -0.392 e. The zero-order valence-corrected chi connectivity index (χ0v) is 7.88. The average molecular weight is 189 g/mol. The van der Waals surface area contributed by atoms with Crippen LogP contribution in [0.1, 0.15) is 22.7 Å². The Morgan fingerprint density at radius 1 is 1.57 bits per heavy atom. The molecule has 72 valence electrons. The van der Waals surface area contributed by atoms with Crippen LogP contribution in [0, 0.1) is 6.92 Å². The summed E-state index contributed by atoms with van der Waals surface area (Å²) in [6, 6.07) is 5.49. The number of azide groups is 1. The number of fused-ring (bicyclic) bond motifs is 1. The number of aliphatic hydroxyl groups excluding tert-OH is 1. The maximum atomic E-state index is 9.70. The van der Waals surface area contributed by atoms with Crippen molar-refractivity contribution in [3.63, 3.8) is 0 Å². The molecule has 0 saturated carbocycles. The number of aliphatic hydroxyl groups is 1. The van der Waals surface area contributed by atoms with Gasteiger partial charge in [0.1, 0.15) is 0 Å². The van der Waals surface area contributed by atoms with Gasteiger partial charge in [0.25, 0.3) is 0 Å². The molecular weight excluding hydrogens is 178 g/mol. The third-order valence-corrected chi connectivity index (χ3v) is 2.68. The van der Waals surface area contributed by atoms with Crippen LogP contribution in [-0.4, -0.2) is 11.2 Å². The third kappa shape index (κ3) is 1.25. The molecule has 1 aromatic carbocycles. The zero-order valence-electron chi connectivity index (χ0n) is 7.88. The lowest BCUT2D eigenvalue weighted by molar-refractivity contribution is 0.158. The lowest BCUT2D eigenvalue weighted by Crippen LogP contribution is -2.10. The van der Waals surface area contributed by atoms with E-state index in [-0.39, 0.29) is 0 Å². The Labute approximate surface area is 81.8 Å². The second-order valence-corrected chi connectivity index (χ2v) is 3.57. The Bertz CT molecular complexity index is 410. The van der Waals surface area contributed by atoms with E-state index in [1.807, 2.05) is 25.1 Å². The highest BCUT2D eigenvalue weighted by Crippen LogP contribution is 2.36. The van der Waals surface area contributed by atoms with Crippen LogP contribution in [0.5, 0.6) is 0 Å². The molecule has 2 atom stereocenters. The molecule has 1 N–H and O–H groups in total. The summed E-state index contributed by atoms with van der Waals surface area (Å²) in [5.41, 5.74) is 11.6. The van der Waals surface area contributed by atoms with Crippen molar-refractivity contribution in [2.24, 2.45) is 5.11 Å². The molecule has 2 rings (SSSR count). The number of benzene rings is 1. The lowest BCUT2D eigenvalue weighted by Gasteiger charge is -2.10. The number of aryl methyl sites for hydroxylation is 1. The Morgan fingerprint density at radius 3 is 3.07 bits per heavy atom. The first-order chi connectivity index (χ1) is 6.74. The Kier molecular flexibility index (Phi) is 2.15. The summed E-state index contributed by atoms with van der Waals surface area (Å²) in [4.78, 5) is 2.77. The Balaban J connectivity index is 2.54. The van der Waals surface area contributed by atoms with Crippen LogP contribution in [0.25, 0.3) is 10.4 Å². The molecule has 0 heterocycles. The largest absolute Gasteiger partial charge is 0.392 e. The first-order valence-electron chi connectivity index (χ1n) is 4.54. The summed E-state index contributed by atoms with van der Waals surface area (Å²) in [6.45, 7) is 1.97. The van der Waals surface area contributed by atoms with Crippen LogP contribution in [0.2, 0.25) is 0 Å². The van der Waals surface area contributed by atoms with Gasteiger partial charge in [-0.3, -0.25) is 0 Å². The molecule has 0 radical (unpaired) electrons.